The maximum atomic E-state index is 12.4. The van der Waals surface area contributed by atoms with E-state index in [-0.39, 0.29) is 22.7 Å². The molecule has 0 aromatic carbocycles. The van der Waals surface area contributed by atoms with Gasteiger partial charge in [0, 0.05) is 6.07 Å². The van der Waals surface area contributed by atoms with Crippen molar-refractivity contribution in [2.75, 3.05) is 18.9 Å². The van der Waals surface area contributed by atoms with Crippen LogP contribution >= 0.6 is 15.6 Å². The molecule has 3 aromatic heterocycles. The predicted octanol–water partition coefficient (Wildman–Crippen LogP) is -3.72. The van der Waals surface area contributed by atoms with Gasteiger partial charge in [-0.05, 0) is 6.07 Å². The summed E-state index contributed by atoms with van der Waals surface area (Å²) < 4.78 is 51.7. The molecule has 11 N–H and O–H groups in total. The molecular formula is C21H28N7O15P2+. The van der Waals surface area contributed by atoms with E-state index in [1.165, 1.54) is 29.1 Å². The number of H-pyrrole nitrogens is 1. The molecule has 2 aliphatic heterocycles. The lowest BCUT2D eigenvalue weighted by atomic mass is 10.1. The van der Waals surface area contributed by atoms with E-state index in [2.05, 4.69) is 28.3 Å². The zero-order chi connectivity index (χ0) is 32.8. The number of imidazole rings is 1. The van der Waals surface area contributed by atoms with Crippen LogP contribution in [-0.2, 0) is 32.0 Å². The normalized spacial score (nSPS) is 31.2. The van der Waals surface area contributed by atoms with E-state index in [0.29, 0.717) is 0 Å². The second kappa shape index (κ2) is 12.5. The van der Waals surface area contributed by atoms with Gasteiger partial charge in [0.15, 0.2) is 35.9 Å². The zero-order valence-corrected chi connectivity index (χ0v) is 24.4. The number of hydrogen-bond donors (Lipinski definition) is 9. The smallest absolute Gasteiger partial charge is 0.387 e. The van der Waals surface area contributed by atoms with Gasteiger partial charge in [0.25, 0.3) is 17.7 Å². The molecule has 0 spiro atoms. The number of aliphatic hydroxyl groups excluding tert-OH is 4. The summed E-state index contributed by atoms with van der Waals surface area (Å²) in [6.07, 6.45) is -8.59. The summed E-state index contributed by atoms with van der Waals surface area (Å²) in [5.74, 6) is -1.04. The van der Waals surface area contributed by atoms with Crippen LogP contribution in [0.5, 0.6) is 0 Å². The van der Waals surface area contributed by atoms with Crippen molar-refractivity contribution in [3.8, 4) is 0 Å². The number of nitrogens with zero attached hydrogens (tertiary/aromatic N) is 4. The van der Waals surface area contributed by atoms with Gasteiger partial charge >= 0.3 is 15.6 Å². The molecule has 5 heterocycles. The molecule has 2 aliphatic rings. The minimum absolute atomic E-state index is 0.0593. The number of aromatic nitrogens is 5. The number of phosphoric ester groups is 2. The summed E-state index contributed by atoms with van der Waals surface area (Å²) in [7, 11) is -10.8. The molecule has 24 heteroatoms. The van der Waals surface area contributed by atoms with Crippen molar-refractivity contribution in [2.45, 2.75) is 49.1 Å². The second-order valence-electron chi connectivity index (χ2n) is 9.88. The second-order valence-corrected chi connectivity index (χ2v) is 12.9. The Labute approximate surface area is 250 Å². The van der Waals surface area contributed by atoms with Crippen LogP contribution in [0.3, 0.4) is 0 Å². The van der Waals surface area contributed by atoms with Crippen LogP contribution in [0, 0.1) is 0 Å². The Kier molecular flexibility index (Phi) is 9.23. The van der Waals surface area contributed by atoms with E-state index in [1.54, 1.807) is 0 Å². The van der Waals surface area contributed by atoms with Crippen LogP contribution in [0.2, 0.25) is 0 Å². The summed E-state index contributed by atoms with van der Waals surface area (Å²) in [6, 6.07) is 2.82. The number of hydrogen-bond acceptors (Lipinski definition) is 16. The van der Waals surface area contributed by atoms with E-state index in [1.807, 2.05) is 0 Å². The number of ether oxygens (including phenoxy) is 2. The molecule has 10 atom stereocenters. The number of nitrogen functional groups attached to an aromatic ring is 1. The number of primary amides is 1. The van der Waals surface area contributed by atoms with E-state index >= 15 is 0 Å². The fraction of sp³-hybridized carbons (Fsp3) is 0.476. The number of aromatic amines is 1. The lowest BCUT2D eigenvalue weighted by molar-refractivity contribution is -0.765. The molecule has 2 saturated heterocycles. The number of anilines is 1. The third-order valence-corrected chi connectivity index (χ3v) is 9.41. The van der Waals surface area contributed by atoms with E-state index in [9.17, 15) is 48.9 Å². The van der Waals surface area contributed by atoms with Crippen molar-refractivity contribution >= 4 is 38.7 Å². The number of aliphatic hydroxyl groups is 4. The Balaban J connectivity index is 1.17. The minimum Gasteiger partial charge on any atom is -0.387 e. The largest absolute Gasteiger partial charge is 0.481 e. The van der Waals surface area contributed by atoms with Gasteiger partial charge in [-0.1, -0.05) is 0 Å². The molecule has 246 valence electrons. The monoisotopic (exact) mass is 680 g/mol. The van der Waals surface area contributed by atoms with E-state index in [0.717, 1.165) is 10.9 Å². The maximum absolute atomic E-state index is 12.4. The first-order valence-electron chi connectivity index (χ1n) is 12.8. The van der Waals surface area contributed by atoms with Crippen molar-refractivity contribution in [1.29, 1.82) is 0 Å². The minimum atomic E-state index is -5.41. The highest BCUT2D eigenvalue weighted by Crippen LogP contribution is 2.60. The summed E-state index contributed by atoms with van der Waals surface area (Å²) in [6.45, 7) is -1.87. The molecule has 22 nitrogen and oxygen atoms in total. The molecule has 3 aromatic rings. The lowest BCUT2D eigenvalue weighted by Gasteiger charge is -2.20. The van der Waals surface area contributed by atoms with Crippen LogP contribution in [0.1, 0.15) is 22.8 Å². The van der Waals surface area contributed by atoms with Gasteiger partial charge in [-0.25, -0.2) is 14.1 Å². The first kappa shape index (κ1) is 33.2. The van der Waals surface area contributed by atoms with E-state index in [4.69, 9.17) is 20.9 Å². The average Bonchev–Trinajstić information content (AvgIpc) is 3.60. The SMILES string of the molecule is NC(=O)c1ccc[n+]([C@@H]2O[C@H](COP(=O)(O)OP(=O)(O)OC[C@H]3O[C@@H](n4cnc5c(=O)[nH]c(N)nc54)C(O)[C@H]3O)[C@@H](O)[C@H]2O)c1. The maximum Gasteiger partial charge on any atom is 0.481 e. The first-order valence-corrected chi connectivity index (χ1v) is 15.8. The van der Waals surface area contributed by atoms with Crippen molar-refractivity contribution in [1.82, 2.24) is 19.5 Å². The Hall–Kier alpha value is -3.21. The average molecular weight is 680 g/mol. The fourth-order valence-electron chi connectivity index (χ4n) is 4.65. The van der Waals surface area contributed by atoms with Gasteiger partial charge in [-0.3, -0.25) is 28.2 Å². The Morgan fingerprint density at radius 3 is 2.31 bits per heavy atom. The van der Waals surface area contributed by atoms with Gasteiger partial charge in [0.05, 0.1) is 19.5 Å². The topological polar surface area (TPSA) is 338 Å². The molecule has 45 heavy (non-hydrogen) atoms. The molecule has 0 aliphatic carbocycles. The van der Waals surface area contributed by atoms with Crippen molar-refractivity contribution in [3.63, 3.8) is 0 Å². The lowest BCUT2D eigenvalue weighted by Crippen LogP contribution is -2.46. The van der Waals surface area contributed by atoms with Crippen molar-refractivity contribution in [2.24, 2.45) is 5.73 Å². The van der Waals surface area contributed by atoms with Crippen LogP contribution in [0.15, 0.2) is 35.6 Å². The van der Waals surface area contributed by atoms with Gasteiger partial charge in [-0.15, -0.1) is 0 Å². The number of rotatable bonds is 11. The number of carbonyl (C=O) groups is 1. The van der Waals surface area contributed by atoms with Gasteiger partial charge in [0.2, 0.25) is 5.95 Å². The summed E-state index contributed by atoms with van der Waals surface area (Å²) in [5.41, 5.74) is 9.91. The highest BCUT2D eigenvalue weighted by molar-refractivity contribution is 7.61. The highest BCUT2D eigenvalue weighted by atomic mass is 31.3. The molecule has 5 rings (SSSR count). The fourth-order valence-corrected chi connectivity index (χ4v) is 6.74. The van der Waals surface area contributed by atoms with Crippen LogP contribution in [0.25, 0.3) is 11.2 Å². The zero-order valence-electron chi connectivity index (χ0n) is 22.6. The Morgan fingerprint density at radius 2 is 1.67 bits per heavy atom. The number of nitrogens with two attached hydrogens (primary N) is 2. The molecule has 0 saturated carbocycles. The first-order chi connectivity index (χ1) is 21.1. The quantitative estimate of drug-likeness (QED) is 0.0694. The van der Waals surface area contributed by atoms with Gasteiger partial charge in [0.1, 0.15) is 36.1 Å². The van der Waals surface area contributed by atoms with Crippen molar-refractivity contribution < 1.29 is 71.5 Å². The number of phosphoric acid groups is 2. The number of nitrogens with one attached hydrogen (secondary N) is 1. The summed E-state index contributed by atoms with van der Waals surface area (Å²) in [4.78, 5) is 53.5. The Bertz CT molecular complexity index is 1740. The highest BCUT2D eigenvalue weighted by Gasteiger charge is 2.50. The molecular weight excluding hydrogens is 652 g/mol. The number of pyridine rings is 1. The number of fused-ring (bicyclic) bond motifs is 1. The van der Waals surface area contributed by atoms with Crippen LogP contribution in [-0.4, -0.2) is 105 Å². The standard InChI is InChI=1S/C21H27N7O15P2/c22-16(33)8-2-1-3-27(4-8)19-14(31)12(29)9(41-19)5-39-44(35,36)43-45(37,38)40-6-10-13(30)15(32)20(42-10)28-7-24-11-17(28)25-21(23)26-18(11)34/h1-4,7,9-10,12-15,19-20,29-32H,5-6H2,(H6-,22,23,25,26,33,34,35,36,37,38)/p+1/t9-,10-,12-,13+,14-,15?,19-,20-/m1/s1. The van der Waals surface area contributed by atoms with Crippen molar-refractivity contribution in [3.05, 3.63) is 46.8 Å². The summed E-state index contributed by atoms with van der Waals surface area (Å²) in [5, 5.41) is 41.6. The number of amides is 1. The summed E-state index contributed by atoms with van der Waals surface area (Å²) >= 11 is 0. The third kappa shape index (κ3) is 6.98. The van der Waals surface area contributed by atoms with Gasteiger partial charge in [-0.2, -0.15) is 13.9 Å². The molecule has 3 unspecified atom stereocenters. The third-order valence-electron chi connectivity index (χ3n) is 6.81. The molecule has 0 radical (unpaired) electrons. The molecule has 1 amide bonds. The Morgan fingerprint density at radius 1 is 1.04 bits per heavy atom. The van der Waals surface area contributed by atoms with Gasteiger partial charge < -0.3 is 51.2 Å². The molecule has 2 fully saturated rings. The molecule has 0 bridgehead atoms. The van der Waals surface area contributed by atoms with Crippen LogP contribution in [0.4, 0.5) is 5.95 Å². The van der Waals surface area contributed by atoms with E-state index < -0.39 is 89.4 Å². The number of carbonyl (C=O) groups excluding carboxylic acids is 1. The van der Waals surface area contributed by atoms with Crippen LogP contribution < -0.4 is 21.6 Å². The predicted molar refractivity (Wildman–Crippen MR) is 142 cm³/mol.